The van der Waals surface area contributed by atoms with Crippen molar-refractivity contribution in [3.05, 3.63) is 164 Å². The third-order valence-electron chi connectivity index (χ3n) is 9.29. The molecule has 45 heavy (non-hydrogen) atoms. The van der Waals surface area contributed by atoms with Crippen LogP contribution in [-0.4, -0.2) is 13.7 Å². The number of benzene rings is 7. The van der Waals surface area contributed by atoms with Crippen LogP contribution in [0.25, 0.3) is 82.5 Å². The number of hydrogen-bond donors (Lipinski definition) is 0. The lowest BCUT2D eigenvalue weighted by molar-refractivity contribution is 1.14. The predicted molar refractivity (Wildman–Crippen MR) is 189 cm³/mol. The molecule has 0 atom stereocenters. The van der Waals surface area contributed by atoms with E-state index in [1.807, 2.05) is 0 Å². The van der Waals surface area contributed by atoms with Crippen LogP contribution in [0.3, 0.4) is 0 Å². The van der Waals surface area contributed by atoms with Gasteiger partial charge in [-0.15, -0.1) is 0 Å². The van der Waals surface area contributed by atoms with Crippen molar-refractivity contribution in [2.45, 2.75) is 0 Å². The second-order valence-corrected chi connectivity index (χ2v) is 11.7. The maximum atomic E-state index is 10.3. The average Bonchev–Trinajstić information content (AvgIpc) is 3.76. The van der Waals surface area contributed by atoms with Crippen molar-refractivity contribution in [2.75, 3.05) is 0 Å². The minimum absolute atomic E-state index is 0.524. The Morgan fingerprint density at radius 1 is 0.333 bits per heavy atom. The van der Waals surface area contributed by atoms with E-state index in [0.29, 0.717) is 6.04 Å². The number of fused-ring (bicyclic) bond motifs is 10. The highest BCUT2D eigenvalue weighted by Crippen LogP contribution is 2.46. The summed E-state index contributed by atoms with van der Waals surface area (Å²) in [6, 6.07) is 56.1. The summed E-state index contributed by atoms with van der Waals surface area (Å²) in [6.07, 6.45) is 0. The third kappa shape index (κ3) is 3.30. The van der Waals surface area contributed by atoms with Gasteiger partial charge in [-0.05, 0) is 54.6 Å². The first kappa shape index (κ1) is 23.4. The Kier molecular flexibility index (Phi) is 4.79. The third-order valence-corrected chi connectivity index (χ3v) is 9.29. The number of rotatable bonds is 3. The molecule has 0 unspecified atom stereocenters. The van der Waals surface area contributed by atoms with Crippen molar-refractivity contribution < 1.29 is 1.37 Å². The van der Waals surface area contributed by atoms with Crippen molar-refractivity contribution in [2.24, 2.45) is 0 Å². The van der Waals surface area contributed by atoms with Crippen LogP contribution in [0.2, 0.25) is 0 Å². The van der Waals surface area contributed by atoms with Gasteiger partial charge in [0.1, 0.15) is 0 Å². The first-order valence-corrected chi connectivity index (χ1v) is 15.4. The van der Waals surface area contributed by atoms with E-state index in [4.69, 9.17) is 0 Å². The fraction of sp³-hybridized carbons (Fsp3) is 0. The Morgan fingerprint density at radius 2 is 0.711 bits per heavy atom. The summed E-state index contributed by atoms with van der Waals surface area (Å²) in [5.74, 6) is 0. The molecular weight excluding hydrogens is 546 g/mol. The van der Waals surface area contributed by atoms with Crippen LogP contribution < -0.4 is 0 Å². The second kappa shape index (κ2) is 9.22. The van der Waals surface area contributed by atoms with Crippen LogP contribution in [0.4, 0.5) is 0 Å². The lowest BCUT2D eigenvalue weighted by Gasteiger charge is -2.15. The lowest BCUT2D eigenvalue weighted by Crippen LogP contribution is -2.00. The minimum atomic E-state index is 0.524. The van der Waals surface area contributed by atoms with Gasteiger partial charge in [0, 0.05) is 43.7 Å². The summed E-state index contributed by atoms with van der Waals surface area (Å²) < 4.78 is 17.4. The molecule has 210 valence electrons. The van der Waals surface area contributed by atoms with E-state index in [-0.39, 0.29) is 0 Å². The molecule has 0 aliphatic rings. The molecule has 0 spiro atoms. The zero-order chi connectivity index (χ0) is 30.4. The van der Waals surface area contributed by atoms with Gasteiger partial charge in [0.2, 0.25) is 0 Å². The Balaban J connectivity index is 1.57. The molecule has 10 aromatic rings. The molecule has 7 aromatic carbocycles. The van der Waals surface area contributed by atoms with Crippen molar-refractivity contribution >= 4 is 65.4 Å². The maximum absolute atomic E-state index is 10.3. The number of nitrogens with zero attached hydrogens (tertiary/aromatic N) is 3. The van der Waals surface area contributed by atoms with Crippen molar-refractivity contribution in [1.82, 2.24) is 13.7 Å². The molecular formula is C42H27N3. The fourth-order valence-electron chi connectivity index (χ4n) is 7.50. The zero-order valence-electron chi connectivity index (χ0n) is 25.4. The minimum Gasteiger partial charge on any atom is -0.309 e. The molecule has 0 aliphatic heterocycles. The molecule has 0 aliphatic carbocycles. The van der Waals surface area contributed by atoms with Gasteiger partial charge in [0.05, 0.1) is 40.2 Å². The van der Waals surface area contributed by atoms with E-state index in [9.17, 15) is 1.37 Å². The zero-order valence-corrected chi connectivity index (χ0v) is 24.4. The molecule has 0 saturated heterocycles. The Hall–Kier alpha value is -6.06. The molecule has 3 heterocycles. The SMILES string of the molecule is [2H]c1c(-n2c3ccccc3c3ccccc32)c2c3ccccc3n(-c3ccccc3)c2c2c1c1ccccc1n2-c1ccccc1. The monoisotopic (exact) mass is 574 g/mol. The van der Waals surface area contributed by atoms with Gasteiger partial charge in [-0.2, -0.15) is 0 Å². The highest BCUT2D eigenvalue weighted by Gasteiger charge is 2.25. The largest absolute Gasteiger partial charge is 0.309 e. The summed E-state index contributed by atoms with van der Waals surface area (Å²) >= 11 is 0. The van der Waals surface area contributed by atoms with Crippen LogP contribution in [0.5, 0.6) is 0 Å². The predicted octanol–water partition coefficient (Wildman–Crippen LogP) is 11.0. The molecule has 3 aromatic heterocycles. The lowest BCUT2D eigenvalue weighted by atomic mass is 10.1. The Morgan fingerprint density at radius 3 is 1.24 bits per heavy atom. The quantitative estimate of drug-likeness (QED) is 0.199. The normalized spacial score (nSPS) is 12.3. The van der Waals surface area contributed by atoms with E-state index in [2.05, 4.69) is 171 Å². The van der Waals surface area contributed by atoms with Crippen LogP contribution in [0, 0.1) is 0 Å². The first-order valence-electron chi connectivity index (χ1n) is 15.9. The van der Waals surface area contributed by atoms with Gasteiger partial charge in [0.15, 0.2) is 0 Å². The average molecular weight is 575 g/mol. The fourth-order valence-corrected chi connectivity index (χ4v) is 7.50. The van der Waals surface area contributed by atoms with E-state index in [1.165, 1.54) is 10.8 Å². The highest BCUT2D eigenvalue weighted by molar-refractivity contribution is 6.27. The Labute approximate surface area is 260 Å². The molecule has 0 bridgehead atoms. The van der Waals surface area contributed by atoms with E-state index in [0.717, 1.165) is 71.7 Å². The summed E-state index contributed by atoms with van der Waals surface area (Å²) in [5.41, 5.74) is 9.59. The van der Waals surface area contributed by atoms with E-state index >= 15 is 0 Å². The van der Waals surface area contributed by atoms with E-state index < -0.39 is 0 Å². The summed E-state index contributed by atoms with van der Waals surface area (Å²) in [5, 5.41) is 6.58. The van der Waals surface area contributed by atoms with Crippen molar-refractivity contribution in [3.63, 3.8) is 0 Å². The van der Waals surface area contributed by atoms with Gasteiger partial charge in [-0.25, -0.2) is 0 Å². The summed E-state index contributed by atoms with van der Waals surface area (Å²) in [7, 11) is 0. The Bertz CT molecular complexity index is 2750. The van der Waals surface area contributed by atoms with Crippen LogP contribution in [0.15, 0.2) is 164 Å². The summed E-state index contributed by atoms with van der Waals surface area (Å²) in [6.45, 7) is 0. The van der Waals surface area contributed by atoms with Crippen LogP contribution in [-0.2, 0) is 0 Å². The molecule has 0 amide bonds. The molecule has 3 nitrogen and oxygen atoms in total. The molecule has 10 rings (SSSR count). The van der Waals surface area contributed by atoms with Gasteiger partial charge < -0.3 is 13.7 Å². The second-order valence-electron chi connectivity index (χ2n) is 11.7. The smallest absolute Gasteiger partial charge is 0.0810 e. The first-order chi connectivity index (χ1) is 22.8. The number of hydrogen-bond acceptors (Lipinski definition) is 0. The van der Waals surface area contributed by atoms with E-state index in [1.54, 1.807) is 0 Å². The molecule has 0 radical (unpaired) electrons. The van der Waals surface area contributed by atoms with Gasteiger partial charge >= 0.3 is 0 Å². The standard InChI is InChI=1S/C42H27N3/c1-3-15-28(16-4-1)43-35-23-11-9-21-32(35)34-27-39(45-36-24-12-7-19-30(36)31-20-8-13-25-37(31)45)40-33-22-10-14-26-38(33)44(42(40)41(34)43)29-17-5-2-6-18-29/h1-27H/i27D. The van der Waals surface area contributed by atoms with Crippen LogP contribution in [0.1, 0.15) is 1.37 Å². The molecule has 0 fully saturated rings. The maximum Gasteiger partial charge on any atom is 0.0810 e. The van der Waals surface area contributed by atoms with Crippen LogP contribution >= 0.6 is 0 Å². The molecule has 3 heteroatoms. The van der Waals surface area contributed by atoms with Gasteiger partial charge in [-0.3, -0.25) is 0 Å². The van der Waals surface area contributed by atoms with Crippen molar-refractivity contribution in [3.8, 4) is 17.1 Å². The topological polar surface area (TPSA) is 14.8 Å². The summed E-state index contributed by atoms with van der Waals surface area (Å²) in [4.78, 5) is 0. The highest BCUT2D eigenvalue weighted by atomic mass is 15.1. The number of aromatic nitrogens is 3. The van der Waals surface area contributed by atoms with Gasteiger partial charge in [-0.1, -0.05) is 109 Å². The number of para-hydroxylation sites is 6. The van der Waals surface area contributed by atoms with Crippen molar-refractivity contribution in [1.29, 1.82) is 0 Å². The molecule has 0 saturated carbocycles. The molecule has 0 N–H and O–H groups in total. The van der Waals surface area contributed by atoms with Gasteiger partial charge in [0.25, 0.3) is 0 Å².